The third-order valence-electron chi connectivity index (χ3n) is 7.25. The van der Waals surface area contributed by atoms with Gasteiger partial charge >= 0.3 is 5.97 Å². The molecule has 3 aromatic rings. The van der Waals surface area contributed by atoms with Crippen molar-refractivity contribution in [2.24, 2.45) is 0 Å². The van der Waals surface area contributed by atoms with Gasteiger partial charge in [0.2, 0.25) is 13.5 Å². The summed E-state index contributed by atoms with van der Waals surface area (Å²) in [5, 5.41) is 0.649. The molecule has 19 heteroatoms. The third kappa shape index (κ3) is 10.8. The van der Waals surface area contributed by atoms with Gasteiger partial charge in [-0.25, -0.2) is 19.7 Å². The van der Waals surface area contributed by atoms with E-state index in [1.54, 1.807) is 23.9 Å². The van der Waals surface area contributed by atoms with Crippen LogP contribution in [0.3, 0.4) is 0 Å². The highest BCUT2D eigenvalue weighted by Crippen LogP contribution is 2.46. The lowest BCUT2D eigenvalue weighted by molar-refractivity contribution is -0.126. The molecule has 2 aliphatic heterocycles. The third-order valence-corrected chi connectivity index (χ3v) is 11.0. The zero-order valence-electron chi connectivity index (χ0n) is 26.7. The first kappa shape index (κ1) is 40.6. The van der Waals surface area contributed by atoms with Gasteiger partial charge in [0.15, 0.2) is 17.5 Å². The minimum Gasteiger partial charge on any atom is -0.460 e. The average molecular weight is 873 g/mol. The topological polar surface area (TPSA) is 107 Å². The SMILES string of the molecule is CCOCCOCCN1C(=CCC2SC(=S)N(CCOC(=O)c3ccc(-c4nc(C(Cl)(Cl)Cl)nc(C(Cl)(Cl)Cl)n4)cc3)C2=O)Sc2ccccc21. The first-order valence-electron chi connectivity index (χ1n) is 15.4. The van der Waals surface area contributed by atoms with Gasteiger partial charge in [-0.2, -0.15) is 0 Å². The first-order valence-corrected chi connectivity index (χ1v) is 19.7. The van der Waals surface area contributed by atoms with Crippen LogP contribution in [-0.2, 0) is 26.6 Å². The standard InChI is InChI=1S/C32H29Cl6N5O5S3/c1-2-46-17-18-47-15-13-42-21-5-3-4-6-22(21)50-24(42)12-11-23-26(44)43(30(49)51-23)14-16-48-27(45)20-9-7-19(8-10-20)25-39-28(31(33,34)35)41-29(40-25)32(36,37)38/h3-10,12,23H,2,11,13-18H2,1H3. The Morgan fingerprint density at radius 1 is 0.882 bits per heavy atom. The number of para-hydroxylation sites is 1. The van der Waals surface area contributed by atoms with E-state index in [9.17, 15) is 9.59 Å². The molecule has 2 aliphatic rings. The fourth-order valence-corrected chi connectivity index (χ4v) is 7.98. The van der Waals surface area contributed by atoms with Gasteiger partial charge in [0.1, 0.15) is 10.9 Å². The molecule has 1 amide bonds. The summed E-state index contributed by atoms with van der Waals surface area (Å²) >= 11 is 44.3. The molecule has 2 aromatic carbocycles. The minimum atomic E-state index is -2.01. The number of fused-ring (bicyclic) bond motifs is 1. The van der Waals surface area contributed by atoms with Crippen molar-refractivity contribution in [3.8, 4) is 11.4 Å². The van der Waals surface area contributed by atoms with Crippen molar-refractivity contribution in [1.82, 2.24) is 19.9 Å². The van der Waals surface area contributed by atoms with Crippen molar-refractivity contribution in [3.63, 3.8) is 0 Å². The number of halogens is 6. The number of thioether (sulfide) groups is 2. The van der Waals surface area contributed by atoms with Gasteiger partial charge in [-0.3, -0.25) is 9.69 Å². The van der Waals surface area contributed by atoms with E-state index in [0.717, 1.165) is 15.6 Å². The Balaban J connectivity index is 1.15. The van der Waals surface area contributed by atoms with E-state index in [2.05, 4.69) is 38.1 Å². The molecule has 3 heterocycles. The largest absolute Gasteiger partial charge is 0.460 e. The van der Waals surface area contributed by atoms with Crippen LogP contribution in [-0.4, -0.2) is 87.4 Å². The number of amides is 1. The Kier molecular flexibility index (Phi) is 14.4. The molecule has 1 atom stereocenters. The summed E-state index contributed by atoms with van der Waals surface area (Å²) < 4.78 is 13.0. The number of nitrogens with zero attached hydrogens (tertiary/aromatic N) is 5. The van der Waals surface area contributed by atoms with Gasteiger partial charge in [0.25, 0.3) is 0 Å². The van der Waals surface area contributed by atoms with Crippen molar-refractivity contribution >= 4 is 127 Å². The number of ether oxygens (including phenoxy) is 3. The fraction of sp³-hybridized carbons (Fsp3) is 0.375. The predicted octanol–water partition coefficient (Wildman–Crippen LogP) is 8.47. The number of aromatic nitrogens is 3. The maximum Gasteiger partial charge on any atom is 0.338 e. The number of thiocarbonyl (C=S) groups is 1. The molecular formula is C32H29Cl6N5O5S3. The normalized spacial score (nSPS) is 17.1. The molecule has 5 rings (SSSR count). The summed E-state index contributed by atoms with van der Waals surface area (Å²) in [5.74, 6) is -1.16. The van der Waals surface area contributed by atoms with Gasteiger partial charge in [0.05, 0.1) is 47.9 Å². The molecule has 0 saturated carbocycles. The number of rotatable bonds is 14. The molecule has 1 aromatic heterocycles. The maximum absolute atomic E-state index is 13.3. The summed E-state index contributed by atoms with van der Waals surface area (Å²) in [5.41, 5.74) is 1.78. The number of esters is 1. The summed E-state index contributed by atoms with van der Waals surface area (Å²) in [4.78, 5) is 43.3. The molecule has 51 heavy (non-hydrogen) atoms. The number of hydrogen-bond donors (Lipinski definition) is 0. The first-order chi connectivity index (χ1) is 24.3. The number of anilines is 1. The van der Waals surface area contributed by atoms with Crippen LogP contribution in [0.1, 0.15) is 35.4 Å². The maximum atomic E-state index is 13.3. The van der Waals surface area contributed by atoms with E-state index in [1.807, 2.05) is 19.1 Å². The van der Waals surface area contributed by atoms with E-state index in [4.69, 9.17) is 96.0 Å². The van der Waals surface area contributed by atoms with Crippen molar-refractivity contribution in [1.29, 1.82) is 0 Å². The van der Waals surface area contributed by atoms with Gasteiger partial charge < -0.3 is 19.1 Å². The van der Waals surface area contributed by atoms with Crippen LogP contribution in [0.2, 0.25) is 0 Å². The van der Waals surface area contributed by atoms with Crippen molar-refractivity contribution in [2.45, 2.75) is 31.1 Å². The second-order valence-electron chi connectivity index (χ2n) is 10.7. The van der Waals surface area contributed by atoms with Gasteiger partial charge in [0, 0.05) is 23.6 Å². The highest BCUT2D eigenvalue weighted by molar-refractivity contribution is 8.24. The van der Waals surface area contributed by atoms with E-state index < -0.39 is 13.6 Å². The molecule has 10 nitrogen and oxygen atoms in total. The van der Waals surface area contributed by atoms with Crippen LogP contribution in [0.25, 0.3) is 11.4 Å². The van der Waals surface area contributed by atoms with Crippen LogP contribution in [0, 0.1) is 0 Å². The molecule has 0 aliphatic carbocycles. The molecular weight excluding hydrogens is 843 g/mol. The lowest BCUT2D eigenvalue weighted by atomic mass is 10.1. The predicted molar refractivity (Wildman–Crippen MR) is 209 cm³/mol. The number of carbonyl (C=O) groups is 2. The Bertz CT molecular complexity index is 1750. The average Bonchev–Trinajstić information content (AvgIpc) is 3.59. The van der Waals surface area contributed by atoms with Crippen LogP contribution in [0.4, 0.5) is 5.69 Å². The number of alkyl halides is 6. The van der Waals surface area contributed by atoms with Crippen LogP contribution in [0.5, 0.6) is 0 Å². The van der Waals surface area contributed by atoms with E-state index >= 15 is 0 Å². The second-order valence-corrected chi connectivity index (χ2v) is 18.1. The van der Waals surface area contributed by atoms with E-state index in [0.29, 0.717) is 49.3 Å². The highest BCUT2D eigenvalue weighted by atomic mass is 35.6. The number of benzene rings is 2. The van der Waals surface area contributed by atoms with Crippen molar-refractivity contribution < 1.29 is 23.8 Å². The molecule has 1 unspecified atom stereocenters. The number of carbonyl (C=O) groups excluding carboxylic acids is 2. The van der Waals surface area contributed by atoms with Crippen LogP contribution >= 0.6 is 105 Å². The number of hydrogen-bond acceptors (Lipinski definition) is 12. The summed E-state index contributed by atoms with van der Waals surface area (Å²) in [7, 11) is 0. The highest BCUT2D eigenvalue weighted by Gasteiger charge is 2.37. The molecule has 0 bridgehead atoms. The fourth-order valence-electron chi connectivity index (χ4n) is 4.84. The van der Waals surface area contributed by atoms with Crippen LogP contribution in [0.15, 0.2) is 64.5 Å². The van der Waals surface area contributed by atoms with Gasteiger partial charge in [-0.15, -0.1) is 0 Å². The minimum absolute atomic E-state index is 0.0578. The second kappa shape index (κ2) is 18.1. The van der Waals surface area contributed by atoms with Crippen molar-refractivity contribution in [3.05, 3.63) is 76.8 Å². The lowest BCUT2D eigenvalue weighted by Crippen LogP contribution is -2.34. The lowest BCUT2D eigenvalue weighted by Gasteiger charge is -2.21. The van der Waals surface area contributed by atoms with E-state index in [1.165, 1.54) is 28.8 Å². The molecule has 272 valence electrons. The van der Waals surface area contributed by atoms with Gasteiger partial charge in [-0.05, 0) is 37.6 Å². The molecule has 1 fully saturated rings. The molecule has 1 saturated heterocycles. The zero-order chi connectivity index (χ0) is 36.8. The molecule has 0 N–H and O–H groups in total. The Morgan fingerprint density at radius 2 is 1.53 bits per heavy atom. The number of allylic oxidation sites excluding steroid dienone is 1. The molecule has 0 radical (unpaired) electrons. The smallest absolute Gasteiger partial charge is 0.338 e. The summed E-state index contributed by atoms with van der Waals surface area (Å²) in [6, 6.07) is 14.3. The van der Waals surface area contributed by atoms with Crippen LogP contribution < -0.4 is 4.90 Å². The van der Waals surface area contributed by atoms with Gasteiger partial charge in [-0.1, -0.05) is 136 Å². The monoisotopic (exact) mass is 869 g/mol. The van der Waals surface area contributed by atoms with E-state index in [-0.39, 0.29) is 47.3 Å². The quantitative estimate of drug-likeness (QED) is 0.0672. The summed E-state index contributed by atoms with van der Waals surface area (Å²) in [6.07, 6.45) is 2.56. The summed E-state index contributed by atoms with van der Waals surface area (Å²) in [6.45, 7) is 4.96. The molecule has 0 spiro atoms. The van der Waals surface area contributed by atoms with Crippen molar-refractivity contribution in [2.75, 3.05) is 51.0 Å². The Labute approximate surface area is 338 Å². The zero-order valence-corrected chi connectivity index (χ0v) is 33.7. The Hall–Kier alpha value is -1.62. The Morgan fingerprint density at radius 3 is 2.20 bits per heavy atom.